The van der Waals surface area contributed by atoms with Crippen molar-refractivity contribution >= 4 is 23.0 Å². The summed E-state index contributed by atoms with van der Waals surface area (Å²) in [6.07, 6.45) is 0.614. The zero-order valence-electron chi connectivity index (χ0n) is 16.4. The number of rotatable bonds is 3. The molecule has 0 bridgehead atoms. The fourth-order valence-corrected chi connectivity index (χ4v) is 3.92. The lowest BCUT2D eigenvalue weighted by atomic mass is 9.96. The van der Waals surface area contributed by atoms with Crippen LogP contribution >= 0.6 is 0 Å². The minimum atomic E-state index is -0.905. The number of fused-ring (bicyclic) bond motifs is 1. The second-order valence-corrected chi connectivity index (χ2v) is 7.42. The number of hydrogen-bond acceptors (Lipinski definition) is 5. The Labute approximate surface area is 164 Å². The molecule has 4 rings (SSSR count). The Hall–Kier alpha value is -3.28. The molecule has 1 saturated heterocycles. The molecule has 0 spiro atoms. The number of ether oxygens (including phenoxy) is 2. The monoisotopic (exact) mass is 377 g/mol. The van der Waals surface area contributed by atoms with Crippen molar-refractivity contribution in [3.63, 3.8) is 0 Å². The molecule has 2 aliphatic heterocycles. The number of Topliss-reactive ketones (excluding diaryl/α,β-unsaturated/α-hetero) is 1. The molecule has 0 aliphatic carbocycles. The van der Waals surface area contributed by atoms with Crippen molar-refractivity contribution in [3.05, 3.63) is 59.3 Å². The maximum atomic E-state index is 13.3. The fourth-order valence-electron chi connectivity index (χ4n) is 3.92. The summed E-state index contributed by atoms with van der Waals surface area (Å²) in [6.45, 7) is 3.67. The SMILES string of the molecule is COc1ccc(N2C(=N)C(=C3Cc4ccccc4N3)C(=O)C2(C)C)c(OC)c1. The number of allylic oxidation sites excluding steroid dienone is 1. The van der Waals surface area contributed by atoms with Crippen LogP contribution in [0.5, 0.6) is 11.5 Å². The molecule has 2 aromatic carbocycles. The van der Waals surface area contributed by atoms with Crippen LogP contribution in [0.25, 0.3) is 0 Å². The summed E-state index contributed by atoms with van der Waals surface area (Å²) in [7, 11) is 3.16. The largest absolute Gasteiger partial charge is 0.497 e. The molecule has 6 heteroatoms. The van der Waals surface area contributed by atoms with Crippen LogP contribution in [0.3, 0.4) is 0 Å². The molecule has 0 saturated carbocycles. The average Bonchev–Trinajstić information content (AvgIpc) is 3.18. The Balaban J connectivity index is 1.81. The van der Waals surface area contributed by atoms with Gasteiger partial charge in [-0.25, -0.2) is 0 Å². The molecule has 0 amide bonds. The topological polar surface area (TPSA) is 74.7 Å². The van der Waals surface area contributed by atoms with E-state index >= 15 is 0 Å². The summed E-state index contributed by atoms with van der Waals surface area (Å²) < 4.78 is 10.8. The number of anilines is 2. The molecule has 2 N–H and O–H groups in total. The molecule has 6 nitrogen and oxygen atoms in total. The van der Waals surface area contributed by atoms with E-state index in [4.69, 9.17) is 14.9 Å². The number of amidine groups is 1. The van der Waals surface area contributed by atoms with E-state index in [9.17, 15) is 4.79 Å². The Kier molecular flexibility index (Phi) is 4.14. The Bertz CT molecular complexity index is 996. The van der Waals surface area contributed by atoms with Crippen LogP contribution in [-0.4, -0.2) is 31.4 Å². The molecule has 0 radical (unpaired) electrons. The minimum absolute atomic E-state index is 0.0781. The average molecular weight is 377 g/mol. The van der Waals surface area contributed by atoms with Gasteiger partial charge < -0.3 is 19.7 Å². The second-order valence-electron chi connectivity index (χ2n) is 7.42. The van der Waals surface area contributed by atoms with E-state index < -0.39 is 5.54 Å². The molecule has 2 aromatic rings. The van der Waals surface area contributed by atoms with E-state index in [-0.39, 0.29) is 11.6 Å². The maximum absolute atomic E-state index is 13.3. The van der Waals surface area contributed by atoms with E-state index in [1.165, 1.54) is 0 Å². The van der Waals surface area contributed by atoms with Gasteiger partial charge in [0.05, 0.1) is 25.5 Å². The highest BCUT2D eigenvalue weighted by molar-refractivity contribution is 6.36. The molecule has 144 valence electrons. The highest BCUT2D eigenvalue weighted by atomic mass is 16.5. The molecular weight excluding hydrogens is 354 g/mol. The summed E-state index contributed by atoms with van der Waals surface area (Å²) in [5, 5.41) is 12.2. The van der Waals surface area contributed by atoms with Crippen LogP contribution in [0.2, 0.25) is 0 Å². The Morgan fingerprint density at radius 3 is 2.54 bits per heavy atom. The van der Waals surface area contributed by atoms with Crippen molar-refractivity contribution in [1.82, 2.24) is 0 Å². The standard InChI is InChI=1S/C22H23N3O3/c1-22(2)20(26)19(16-11-13-7-5-6-8-15(13)24-16)21(23)25(22)17-10-9-14(27-3)12-18(17)28-4/h5-10,12,23-24H,11H2,1-4H3. The zero-order valence-corrected chi connectivity index (χ0v) is 16.4. The summed E-state index contributed by atoms with van der Waals surface area (Å²) in [5.74, 6) is 1.31. The molecule has 0 unspecified atom stereocenters. The van der Waals surface area contributed by atoms with Crippen LogP contribution in [0.4, 0.5) is 11.4 Å². The van der Waals surface area contributed by atoms with Crippen molar-refractivity contribution in [1.29, 1.82) is 5.41 Å². The zero-order chi connectivity index (χ0) is 20.1. The molecule has 2 aliphatic rings. The third kappa shape index (κ3) is 2.56. The van der Waals surface area contributed by atoms with Gasteiger partial charge in [0.2, 0.25) is 0 Å². The van der Waals surface area contributed by atoms with Gasteiger partial charge in [-0.2, -0.15) is 0 Å². The number of nitrogens with zero attached hydrogens (tertiary/aromatic N) is 1. The molecule has 1 fully saturated rings. The van der Waals surface area contributed by atoms with Crippen molar-refractivity contribution < 1.29 is 14.3 Å². The molecule has 28 heavy (non-hydrogen) atoms. The normalized spacial score (nSPS) is 20.2. The van der Waals surface area contributed by atoms with E-state index in [0.29, 0.717) is 29.2 Å². The number of carbonyl (C=O) groups is 1. The second kappa shape index (κ2) is 6.41. The van der Waals surface area contributed by atoms with Gasteiger partial charge in [-0.3, -0.25) is 10.2 Å². The van der Waals surface area contributed by atoms with Gasteiger partial charge in [0.1, 0.15) is 22.9 Å². The van der Waals surface area contributed by atoms with Gasteiger partial charge in [0.15, 0.2) is 5.78 Å². The summed E-state index contributed by atoms with van der Waals surface area (Å²) >= 11 is 0. The number of para-hydroxylation sites is 1. The first-order valence-electron chi connectivity index (χ1n) is 9.12. The van der Waals surface area contributed by atoms with Gasteiger partial charge >= 0.3 is 0 Å². The first kappa shape index (κ1) is 18.1. The van der Waals surface area contributed by atoms with Gasteiger partial charge in [-0.15, -0.1) is 0 Å². The highest BCUT2D eigenvalue weighted by Gasteiger charge is 2.50. The van der Waals surface area contributed by atoms with E-state index in [2.05, 4.69) is 5.32 Å². The van der Waals surface area contributed by atoms with Crippen LogP contribution in [-0.2, 0) is 11.2 Å². The van der Waals surface area contributed by atoms with Gasteiger partial charge in [0.25, 0.3) is 0 Å². The molecule has 2 heterocycles. The lowest BCUT2D eigenvalue weighted by Gasteiger charge is -2.32. The number of carbonyl (C=O) groups excluding carboxylic acids is 1. The number of methoxy groups -OCH3 is 2. The van der Waals surface area contributed by atoms with Crippen molar-refractivity contribution in [2.75, 3.05) is 24.4 Å². The van der Waals surface area contributed by atoms with Crippen molar-refractivity contribution in [2.24, 2.45) is 0 Å². The maximum Gasteiger partial charge on any atom is 0.193 e. The van der Waals surface area contributed by atoms with Crippen molar-refractivity contribution in [2.45, 2.75) is 25.8 Å². The Morgan fingerprint density at radius 2 is 1.86 bits per heavy atom. The third-order valence-electron chi connectivity index (χ3n) is 5.40. The molecular formula is C22H23N3O3. The number of hydrogen-bond donors (Lipinski definition) is 2. The lowest BCUT2D eigenvalue weighted by molar-refractivity contribution is -0.118. The van der Waals surface area contributed by atoms with Crippen LogP contribution < -0.4 is 19.7 Å². The quantitative estimate of drug-likeness (QED) is 0.797. The van der Waals surface area contributed by atoms with E-state index in [0.717, 1.165) is 16.9 Å². The summed E-state index contributed by atoms with van der Waals surface area (Å²) in [5.41, 5.74) is 3.08. The minimum Gasteiger partial charge on any atom is -0.497 e. The summed E-state index contributed by atoms with van der Waals surface area (Å²) in [6, 6.07) is 13.4. The number of nitrogens with one attached hydrogen (secondary N) is 2. The lowest BCUT2D eigenvalue weighted by Crippen LogP contribution is -2.44. The first-order valence-corrected chi connectivity index (χ1v) is 9.12. The van der Waals surface area contributed by atoms with Gasteiger partial charge in [-0.1, -0.05) is 18.2 Å². The fraction of sp³-hybridized carbons (Fsp3) is 0.273. The predicted octanol–water partition coefficient (Wildman–Crippen LogP) is 3.77. The van der Waals surface area contributed by atoms with Crippen molar-refractivity contribution in [3.8, 4) is 11.5 Å². The first-order chi connectivity index (χ1) is 13.4. The molecule has 0 aromatic heterocycles. The number of ketones is 1. The molecule has 0 atom stereocenters. The smallest absolute Gasteiger partial charge is 0.193 e. The van der Waals surface area contributed by atoms with Crippen LogP contribution in [0, 0.1) is 5.41 Å². The Morgan fingerprint density at radius 1 is 1.11 bits per heavy atom. The highest BCUT2D eigenvalue weighted by Crippen LogP contribution is 2.43. The van der Waals surface area contributed by atoms with Gasteiger partial charge in [-0.05, 0) is 37.6 Å². The van der Waals surface area contributed by atoms with E-state index in [1.807, 2.05) is 44.2 Å². The van der Waals surface area contributed by atoms with Crippen LogP contribution in [0.15, 0.2) is 53.7 Å². The van der Waals surface area contributed by atoms with E-state index in [1.54, 1.807) is 31.3 Å². The van der Waals surface area contributed by atoms with Crippen LogP contribution in [0.1, 0.15) is 19.4 Å². The van der Waals surface area contributed by atoms with Gasteiger partial charge in [0, 0.05) is 23.9 Å². The summed E-state index contributed by atoms with van der Waals surface area (Å²) in [4.78, 5) is 15.1. The number of benzene rings is 2. The third-order valence-corrected chi connectivity index (χ3v) is 5.40. The predicted molar refractivity (Wildman–Crippen MR) is 110 cm³/mol.